The summed E-state index contributed by atoms with van der Waals surface area (Å²) in [7, 11) is -3.50. The molecule has 0 bridgehead atoms. The predicted molar refractivity (Wildman–Crippen MR) is 104 cm³/mol. The second-order valence-corrected chi connectivity index (χ2v) is 9.04. The van der Waals surface area contributed by atoms with Gasteiger partial charge in [-0.3, -0.25) is 19.2 Å². The summed E-state index contributed by atoms with van der Waals surface area (Å²) in [6.07, 6.45) is 1.70. The molecule has 2 aliphatic rings. The van der Waals surface area contributed by atoms with Crippen LogP contribution in [0.25, 0.3) is 0 Å². The van der Waals surface area contributed by atoms with E-state index in [2.05, 4.69) is 10.0 Å². The van der Waals surface area contributed by atoms with Gasteiger partial charge in [-0.05, 0) is 30.5 Å². The molecular weight excluding hydrogens is 424 g/mol. The molecule has 3 unspecified atom stereocenters. The summed E-state index contributed by atoms with van der Waals surface area (Å²) in [6, 6.07) is 3.47. The Balaban J connectivity index is 1.71. The monoisotopic (exact) mass is 442 g/mol. The van der Waals surface area contributed by atoms with Gasteiger partial charge in [0.1, 0.15) is 17.8 Å². The van der Waals surface area contributed by atoms with Crippen LogP contribution in [0.4, 0.5) is 5.69 Å². The van der Waals surface area contributed by atoms with Gasteiger partial charge < -0.3 is 16.2 Å². The Hall–Kier alpha value is -2.63. The largest absolute Gasteiger partial charge is 0.477 e. The number of benzene rings is 1. The van der Waals surface area contributed by atoms with Crippen molar-refractivity contribution in [3.63, 3.8) is 0 Å². The van der Waals surface area contributed by atoms with Crippen LogP contribution in [0.1, 0.15) is 24.4 Å². The van der Waals surface area contributed by atoms with Crippen LogP contribution in [0, 0.1) is 0 Å². The van der Waals surface area contributed by atoms with E-state index in [1.54, 1.807) is 12.1 Å². The number of fused-ring (bicyclic) bond motifs is 1. The van der Waals surface area contributed by atoms with E-state index in [-0.39, 0.29) is 22.8 Å². The first-order chi connectivity index (χ1) is 13.5. The SMILES string of the molecule is CS(=O)(=O)Nc1cccc(C(N)C(=O)NC2C(=O)N3C(C(=O)O)=C(Cl)CCC23)c1. The number of β-lactam (4-membered cyclic amide) rings is 1. The molecule has 2 heterocycles. The minimum Gasteiger partial charge on any atom is -0.477 e. The van der Waals surface area contributed by atoms with E-state index in [0.717, 1.165) is 11.2 Å². The fraction of sp³-hybridized carbons (Fsp3) is 0.353. The third kappa shape index (κ3) is 4.21. The molecule has 12 heteroatoms. The highest BCUT2D eigenvalue weighted by molar-refractivity contribution is 7.92. The molecule has 156 valence electrons. The summed E-state index contributed by atoms with van der Waals surface area (Å²) in [5.41, 5.74) is 6.30. The number of anilines is 1. The minimum atomic E-state index is -3.50. The summed E-state index contributed by atoms with van der Waals surface area (Å²) in [5.74, 6) is -2.51. The zero-order valence-corrected chi connectivity index (χ0v) is 16.8. The van der Waals surface area contributed by atoms with E-state index in [0.29, 0.717) is 12.0 Å². The van der Waals surface area contributed by atoms with Gasteiger partial charge >= 0.3 is 5.97 Å². The highest BCUT2D eigenvalue weighted by Crippen LogP contribution is 2.38. The van der Waals surface area contributed by atoms with E-state index >= 15 is 0 Å². The Bertz CT molecular complexity index is 1020. The number of sulfonamides is 1. The number of aliphatic carboxylic acids is 1. The fourth-order valence-electron chi connectivity index (χ4n) is 3.42. The highest BCUT2D eigenvalue weighted by atomic mass is 35.5. The third-order valence-electron chi connectivity index (χ3n) is 4.71. The second-order valence-electron chi connectivity index (χ2n) is 6.84. The van der Waals surface area contributed by atoms with Gasteiger partial charge in [0.15, 0.2) is 0 Å². The van der Waals surface area contributed by atoms with Crippen LogP contribution < -0.4 is 15.8 Å². The number of nitrogens with zero attached hydrogens (tertiary/aromatic N) is 1. The standard InChI is InChI=1S/C17H19ClN4O6S/c1-29(27,28)21-9-4-2-3-8(7-9)12(19)15(23)20-13-11-6-5-10(18)14(17(25)26)22(11)16(13)24/h2-4,7,11-13,21H,5-6,19H2,1H3,(H,20,23)(H,25,26). The molecule has 0 saturated carbocycles. The number of hydrogen-bond donors (Lipinski definition) is 4. The van der Waals surface area contributed by atoms with Gasteiger partial charge in [-0.2, -0.15) is 0 Å². The van der Waals surface area contributed by atoms with Crippen molar-refractivity contribution in [3.05, 3.63) is 40.6 Å². The van der Waals surface area contributed by atoms with E-state index in [1.165, 1.54) is 12.1 Å². The van der Waals surface area contributed by atoms with E-state index in [4.69, 9.17) is 17.3 Å². The lowest BCUT2D eigenvalue weighted by Gasteiger charge is -2.49. The molecule has 1 saturated heterocycles. The Kier molecular flexibility index (Phi) is 5.57. The van der Waals surface area contributed by atoms with Crippen LogP contribution in [0.15, 0.2) is 35.0 Å². The van der Waals surface area contributed by atoms with Crippen LogP contribution in [0.5, 0.6) is 0 Å². The summed E-state index contributed by atoms with van der Waals surface area (Å²) in [6.45, 7) is 0. The first-order valence-corrected chi connectivity index (χ1v) is 10.8. The molecule has 1 fully saturated rings. The Morgan fingerprint density at radius 2 is 2.07 bits per heavy atom. The van der Waals surface area contributed by atoms with Crippen molar-refractivity contribution in [1.82, 2.24) is 10.2 Å². The van der Waals surface area contributed by atoms with Crippen molar-refractivity contribution in [2.75, 3.05) is 11.0 Å². The molecule has 1 aromatic carbocycles. The number of amides is 2. The number of carboxylic acids is 1. The number of halogens is 1. The van der Waals surface area contributed by atoms with Gasteiger partial charge in [0.05, 0.1) is 12.3 Å². The summed E-state index contributed by atoms with van der Waals surface area (Å²) in [5, 5.41) is 11.9. The number of carbonyl (C=O) groups excluding carboxylic acids is 2. The summed E-state index contributed by atoms with van der Waals surface area (Å²) < 4.78 is 25.0. The molecule has 2 aliphatic heterocycles. The van der Waals surface area contributed by atoms with E-state index in [1.807, 2.05) is 0 Å². The molecule has 29 heavy (non-hydrogen) atoms. The van der Waals surface area contributed by atoms with Crippen LogP contribution in [0.2, 0.25) is 0 Å². The van der Waals surface area contributed by atoms with Gasteiger partial charge in [-0.25, -0.2) is 13.2 Å². The van der Waals surface area contributed by atoms with Crippen molar-refractivity contribution in [2.24, 2.45) is 5.73 Å². The average molecular weight is 443 g/mol. The number of rotatable bonds is 6. The number of carboxylic acid groups (broad SMARTS) is 1. The Morgan fingerprint density at radius 1 is 1.38 bits per heavy atom. The number of allylic oxidation sites excluding steroid dienone is 1. The molecule has 0 radical (unpaired) electrons. The fourth-order valence-corrected chi connectivity index (χ4v) is 4.26. The molecule has 5 N–H and O–H groups in total. The molecule has 0 aliphatic carbocycles. The molecular formula is C17H19ClN4O6S. The van der Waals surface area contributed by atoms with Crippen molar-refractivity contribution >= 4 is 45.1 Å². The Labute approximate surface area is 171 Å². The molecule has 2 amide bonds. The molecule has 1 aromatic rings. The van der Waals surface area contributed by atoms with Crippen molar-refractivity contribution in [2.45, 2.75) is 31.0 Å². The summed E-state index contributed by atoms with van der Waals surface area (Å²) >= 11 is 5.93. The van der Waals surface area contributed by atoms with Crippen molar-refractivity contribution < 1.29 is 27.9 Å². The van der Waals surface area contributed by atoms with Gasteiger partial charge in [-0.1, -0.05) is 23.7 Å². The number of nitrogens with one attached hydrogen (secondary N) is 2. The quantitative estimate of drug-likeness (QED) is 0.454. The van der Waals surface area contributed by atoms with Gasteiger partial charge in [-0.15, -0.1) is 0 Å². The predicted octanol–water partition coefficient (Wildman–Crippen LogP) is 0.0823. The molecule has 3 atom stereocenters. The summed E-state index contributed by atoms with van der Waals surface area (Å²) in [4.78, 5) is 37.4. The number of hydrogen-bond acceptors (Lipinski definition) is 6. The van der Waals surface area contributed by atoms with Crippen LogP contribution in [0.3, 0.4) is 0 Å². The average Bonchev–Trinajstić information content (AvgIpc) is 2.63. The molecule has 0 aromatic heterocycles. The maximum absolute atomic E-state index is 12.5. The van der Waals surface area contributed by atoms with Crippen LogP contribution in [-0.2, 0) is 24.4 Å². The van der Waals surface area contributed by atoms with E-state index in [9.17, 15) is 27.9 Å². The zero-order valence-electron chi connectivity index (χ0n) is 15.3. The van der Waals surface area contributed by atoms with Gasteiger partial charge in [0.25, 0.3) is 5.91 Å². The topological polar surface area (TPSA) is 159 Å². The van der Waals surface area contributed by atoms with Crippen molar-refractivity contribution in [3.8, 4) is 0 Å². The lowest BCUT2D eigenvalue weighted by molar-refractivity contribution is -0.156. The van der Waals surface area contributed by atoms with E-state index < -0.39 is 45.9 Å². The number of nitrogens with two attached hydrogens (primary N) is 1. The Morgan fingerprint density at radius 3 is 2.69 bits per heavy atom. The zero-order chi connectivity index (χ0) is 21.5. The first kappa shape index (κ1) is 21.1. The maximum Gasteiger partial charge on any atom is 0.353 e. The minimum absolute atomic E-state index is 0.0961. The smallest absolute Gasteiger partial charge is 0.353 e. The molecule has 0 spiro atoms. The lowest BCUT2D eigenvalue weighted by atomic mass is 9.86. The molecule has 3 rings (SSSR count). The molecule has 10 nitrogen and oxygen atoms in total. The van der Waals surface area contributed by atoms with Crippen molar-refractivity contribution in [1.29, 1.82) is 0 Å². The van der Waals surface area contributed by atoms with Crippen LogP contribution in [-0.4, -0.2) is 54.5 Å². The van der Waals surface area contributed by atoms with Gasteiger partial charge in [0.2, 0.25) is 15.9 Å². The second kappa shape index (κ2) is 7.65. The number of carbonyl (C=O) groups is 3. The first-order valence-electron chi connectivity index (χ1n) is 8.58. The lowest BCUT2D eigenvalue weighted by Crippen LogP contribution is -2.72. The van der Waals surface area contributed by atoms with Crippen LogP contribution >= 0.6 is 11.6 Å². The normalized spacial score (nSPS) is 22.4. The van der Waals surface area contributed by atoms with Gasteiger partial charge in [0, 0.05) is 10.7 Å². The maximum atomic E-state index is 12.5. The third-order valence-corrected chi connectivity index (χ3v) is 5.68. The highest BCUT2D eigenvalue weighted by Gasteiger charge is 2.53.